The molecule has 0 bridgehead atoms. The maximum atomic E-state index is 2.48. The smallest absolute Gasteiger partial charge is 0.0622 e. The quantitative estimate of drug-likeness (QED) is 0.162. The summed E-state index contributed by atoms with van der Waals surface area (Å²) in [4.78, 5) is 0. The highest BCUT2D eigenvalue weighted by molar-refractivity contribution is 5.95. The van der Waals surface area contributed by atoms with Crippen molar-refractivity contribution in [3.05, 3.63) is 309 Å². The number of fused-ring (bicyclic) bond motifs is 16. The molecule has 0 nitrogen and oxygen atoms in total. The van der Waals surface area contributed by atoms with Gasteiger partial charge in [-0.3, -0.25) is 0 Å². The Hall–Kier alpha value is -7.80. The molecule has 0 heteroatoms. The molecule has 0 saturated heterocycles. The van der Waals surface area contributed by atoms with E-state index in [2.05, 4.69) is 313 Å². The molecule has 0 heterocycles. The van der Waals surface area contributed by atoms with Crippen LogP contribution < -0.4 is 0 Å². The van der Waals surface area contributed by atoms with Gasteiger partial charge in [0.25, 0.3) is 0 Å². The largest absolute Gasteiger partial charge is 0.0725 e. The maximum absolute atomic E-state index is 2.48. The second kappa shape index (κ2) is 18.2. The van der Waals surface area contributed by atoms with Crippen LogP contribution in [0.15, 0.2) is 237 Å². The summed E-state index contributed by atoms with van der Waals surface area (Å²) < 4.78 is 0. The highest BCUT2D eigenvalue weighted by Crippen LogP contribution is 2.63. The summed E-state index contributed by atoms with van der Waals surface area (Å²) in [5.41, 5.74) is 29.2. The summed E-state index contributed by atoms with van der Waals surface area (Å²) >= 11 is 0. The van der Waals surface area contributed by atoms with Crippen molar-refractivity contribution in [3.8, 4) is 44.5 Å². The van der Waals surface area contributed by atoms with E-state index in [4.69, 9.17) is 0 Å². The van der Waals surface area contributed by atoms with Crippen molar-refractivity contribution in [2.75, 3.05) is 0 Å². The zero-order valence-electron chi connectivity index (χ0n) is 47.0. The average molecular weight is 997 g/mol. The molecule has 380 valence electrons. The fourth-order valence-electron chi connectivity index (χ4n) is 13.6. The topological polar surface area (TPSA) is 0 Å². The molecule has 4 aliphatic rings. The van der Waals surface area contributed by atoms with E-state index in [1.807, 2.05) is 0 Å². The van der Waals surface area contributed by atoms with Crippen LogP contribution in [0.4, 0.5) is 0 Å². The second-order valence-electron chi connectivity index (χ2n) is 25.6. The predicted molar refractivity (Wildman–Crippen MR) is 327 cm³/mol. The molecule has 77 heavy (non-hydrogen) atoms. The van der Waals surface area contributed by atoms with Crippen LogP contribution in [0.3, 0.4) is 0 Å². The van der Waals surface area contributed by atoms with Gasteiger partial charge >= 0.3 is 0 Å². The summed E-state index contributed by atoms with van der Waals surface area (Å²) in [5, 5.41) is 0. The lowest BCUT2D eigenvalue weighted by Crippen LogP contribution is -2.29. The lowest BCUT2D eigenvalue weighted by atomic mass is 9.67. The van der Waals surface area contributed by atoms with Gasteiger partial charge in [-0.05, 0) is 133 Å². The Morgan fingerprint density at radius 1 is 0.221 bits per heavy atom. The molecule has 10 aromatic rings. The molecule has 0 amide bonds. The van der Waals surface area contributed by atoms with Crippen molar-refractivity contribution in [3.63, 3.8) is 0 Å². The van der Waals surface area contributed by atoms with E-state index in [1.54, 1.807) is 0 Å². The summed E-state index contributed by atoms with van der Waals surface area (Å²) in [5.74, 6) is 0. The molecule has 0 aliphatic heterocycles. The molecular formula is C77H72. The predicted octanol–water partition coefficient (Wildman–Crippen LogP) is 20.0. The van der Waals surface area contributed by atoms with Crippen LogP contribution in [0.2, 0.25) is 0 Å². The molecule has 10 aromatic carbocycles. The molecule has 0 aromatic heterocycles. The molecule has 0 unspecified atom stereocenters. The third-order valence-electron chi connectivity index (χ3n) is 17.6. The van der Waals surface area contributed by atoms with E-state index in [-0.39, 0.29) is 32.5 Å². The van der Waals surface area contributed by atoms with Gasteiger partial charge in [0.1, 0.15) is 0 Å². The fourth-order valence-corrected chi connectivity index (χ4v) is 13.6. The summed E-state index contributed by atoms with van der Waals surface area (Å²) in [7, 11) is 0. The zero-order chi connectivity index (χ0) is 53.7. The van der Waals surface area contributed by atoms with Gasteiger partial charge < -0.3 is 0 Å². The Morgan fingerprint density at radius 2 is 0.468 bits per heavy atom. The number of hydrogen-bond donors (Lipinski definition) is 0. The van der Waals surface area contributed by atoms with Crippen molar-refractivity contribution < 1.29 is 0 Å². The Kier molecular flexibility index (Phi) is 11.8. The minimum absolute atomic E-state index is 0.100. The zero-order valence-corrected chi connectivity index (χ0v) is 47.0. The van der Waals surface area contributed by atoms with Gasteiger partial charge in [0.15, 0.2) is 0 Å². The average Bonchev–Trinajstić information content (AvgIpc) is 4.14. The molecule has 0 N–H and O–H groups in total. The van der Waals surface area contributed by atoms with Crippen LogP contribution in [-0.4, -0.2) is 0 Å². The van der Waals surface area contributed by atoms with E-state index in [0.29, 0.717) is 0 Å². The third kappa shape index (κ3) is 7.76. The summed E-state index contributed by atoms with van der Waals surface area (Å²) in [6.07, 6.45) is 0. The van der Waals surface area contributed by atoms with E-state index in [1.165, 1.54) is 117 Å². The maximum Gasteiger partial charge on any atom is 0.0725 e. The summed E-state index contributed by atoms with van der Waals surface area (Å²) in [6.45, 7) is 25.3. The van der Waals surface area contributed by atoms with Gasteiger partial charge in [-0.2, -0.15) is 0 Å². The van der Waals surface area contributed by atoms with Gasteiger partial charge in [0, 0.05) is 5.41 Å². The van der Waals surface area contributed by atoms with Crippen LogP contribution in [0.25, 0.3) is 44.5 Å². The van der Waals surface area contributed by atoms with Crippen LogP contribution in [-0.2, 0) is 32.5 Å². The standard InChI is InChI=1S/C29H24.C29H26.C19H22/c1-28(2,3)19-16-17-23-22-12-6-9-15-26(22)29(27(23)18-19)24-13-7-4-10-20(24)21-11-5-8-14-25(21)29;1-28(2,3)23-18-19-25-24-16-10-11-17-26(24)29(27(25)20-23,21-12-6-4-7-13-21)22-14-8-5-9-15-22;1-18(2,3)13-10-11-15-14-8-6-7-9-16(14)19(4,5)17(15)12-13/h4-18H,1-3H3;4-20H,1-3H3;6-12H,1-5H3. The Bertz CT molecular complexity index is 3660. The lowest BCUT2D eigenvalue weighted by molar-refractivity contribution is 0.584. The van der Waals surface area contributed by atoms with E-state index in [0.717, 1.165) is 0 Å². The van der Waals surface area contributed by atoms with Crippen molar-refractivity contribution in [2.45, 2.75) is 109 Å². The normalized spacial score (nSPS) is 15.0. The minimum Gasteiger partial charge on any atom is -0.0622 e. The molecule has 1 spiro atoms. The van der Waals surface area contributed by atoms with E-state index < -0.39 is 0 Å². The lowest BCUT2D eigenvalue weighted by Gasteiger charge is -2.34. The first-order chi connectivity index (χ1) is 36.9. The first-order valence-corrected chi connectivity index (χ1v) is 27.9. The number of benzene rings is 10. The molecular weight excluding hydrogens is 925 g/mol. The van der Waals surface area contributed by atoms with E-state index in [9.17, 15) is 0 Å². The van der Waals surface area contributed by atoms with Crippen LogP contribution in [0.5, 0.6) is 0 Å². The van der Waals surface area contributed by atoms with Crippen LogP contribution >= 0.6 is 0 Å². The fraction of sp³-hybridized carbons (Fsp3) is 0.221. The number of rotatable bonds is 2. The highest BCUT2D eigenvalue weighted by atomic mass is 14.5. The van der Waals surface area contributed by atoms with Gasteiger partial charge in [-0.25, -0.2) is 0 Å². The SMILES string of the molecule is CC(C)(C)c1ccc2c(c1)C(C)(C)c1ccccc1-2.CC(C)(C)c1ccc2c(c1)C(c1ccccc1)(c1ccccc1)c1ccccc1-2.CC(C)(C)c1ccc2c(c1)C1(c3ccccc3-c3ccccc31)c1ccccc1-2. The first kappa shape index (κ1) is 50.0. The van der Waals surface area contributed by atoms with Crippen molar-refractivity contribution in [1.29, 1.82) is 0 Å². The molecule has 0 fully saturated rings. The molecule has 0 radical (unpaired) electrons. The minimum atomic E-state index is -0.296. The van der Waals surface area contributed by atoms with Gasteiger partial charge in [-0.15, -0.1) is 0 Å². The third-order valence-corrected chi connectivity index (χ3v) is 17.6. The van der Waals surface area contributed by atoms with E-state index >= 15 is 0 Å². The second-order valence-corrected chi connectivity index (χ2v) is 25.6. The molecule has 0 saturated carbocycles. The Balaban J connectivity index is 0.000000119. The summed E-state index contributed by atoms with van der Waals surface area (Å²) in [6, 6.07) is 88.0. The molecule has 0 atom stereocenters. The van der Waals surface area contributed by atoms with Crippen molar-refractivity contribution >= 4 is 0 Å². The van der Waals surface area contributed by atoms with Gasteiger partial charge in [0.05, 0.1) is 10.8 Å². The molecule has 4 aliphatic carbocycles. The van der Waals surface area contributed by atoms with Gasteiger partial charge in [-0.1, -0.05) is 313 Å². The van der Waals surface area contributed by atoms with Crippen molar-refractivity contribution in [1.82, 2.24) is 0 Å². The van der Waals surface area contributed by atoms with Crippen molar-refractivity contribution in [2.24, 2.45) is 0 Å². The van der Waals surface area contributed by atoms with Crippen LogP contribution in [0.1, 0.15) is 148 Å². The van der Waals surface area contributed by atoms with Crippen LogP contribution in [0, 0.1) is 0 Å². The van der Waals surface area contributed by atoms with Gasteiger partial charge in [0.2, 0.25) is 0 Å². The Labute approximate surface area is 459 Å². The monoisotopic (exact) mass is 997 g/mol. The Morgan fingerprint density at radius 3 is 0.818 bits per heavy atom. The number of hydrogen-bond acceptors (Lipinski definition) is 0. The first-order valence-electron chi connectivity index (χ1n) is 27.9. The highest BCUT2D eigenvalue weighted by Gasteiger charge is 2.52. The molecule has 14 rings (SSSR count).